The molecule has 0 aromatic heterocycles. The molecule has 1 heteroatoms. The van der Waals surface area contributed by atoms with Crippen molar-refractivity contribution >= 4 is 6.21 Å². The van der Waals surface area contributed by atoms with Gasteiger partial charge in [0.2, 0.25) is 0 Å². The molecule has 0 fully saturated rings. The molecular formula is C10H15N. The molecule has 0 radical (unpaired) electrons. The Kier molecular flexibility index (Phi) is 5.09. The van der Waals surface area contributed by atoms with Crippen LogP contribution in [0.2, 0.25) is 0 Å². The lowest BCUT2D eigenvalue weighted by Gasteiger charge is -1.91. The van der Waals surface area contributed by atoms with Crippen molar-refractivity contribution in [1.29, 1.82) is 5.41 Å². The zero-order valence-corrected chi connectivity index (χ0v) is 7.39. The molecule has 0 bridgehead atoms. The van der Waals surface area contributed by atoms with Crippen LogP contribution < -0.4 is 0 Å². The highest BCUT2D eigenvalue weighted by Gasteiger charge is 1.82. The fraction of sp³-hybridized carbons (Fsp3) is 0.300. The maximum absolute atomic E-state index is 6.83. The van der Waals surface area contributed by atoms with E-state index in [9.17, 15) is 0 Å². The number of nitrogens with one attached hydrogen (secondary N) is 1. The average molecular weight is 149 g/mol. The smallest absolute Gasteiger partial charge is 0.0180 e. The Hall–Kier alpha value is -1.11. The zero-order valence-electron chi connectivity index (χ0n) is 7.39. The first-order chi connectivity index (χ1) is 5.20. The van der Waals surface area contributed by atoms with Crippen molar-refractivity contribution in [2.75, 3.05) is 0 Å². The molecule has 0 aromatic carbocycles. The summed E-state index contributed by atoms with van der Waals surface area (Å²) < 4.78 is 0. The number of allylic oxidation sites excluding steroid dienone is 6. The van der Waals surface area contributed by atoms with Crippen molar-refractivity contribution < 1.29 is 0 Å². The standard InChI is InChI=1S/C10H15N/c1-4-5-9(2)8-10(3)6-7-11/h4-8,11H,1-3H3/b5-4+,9-8+,10-6+,11-7?. The lowest BCUT2D eigenvalue weighted by atomic mass is 10.2. The maximum atomic E-state index is 6.83. The summed E-state index contributed by atoms with van der Waals surface area (Å²) in [7, 11) is 0. The Bertz CT molecular complexity index is 207. The lowest BCUT2D eigenvalue weighted by Crippen LogP contribution is -1.73. The topological polar surface area (TPSA) is 23.9 Å². The van der Waals surface area contributed by atoms with Gasteiger partial charge in [0.05, 0.1) is 0 Å². The van der Waals surface area contributed by atoms with Gasteiger partial charge in [-0.25, -0.2) is 0 Å². The van der Waals surface area contributed by atoms with Gasteiger partial charge in [0.1, 0.15) is 0 Å². The van der Waals surface area contributed by atoms with Crippen molar-refractivity contribution in [3.63, 3.8) is 0 Å². The van der Waals surface area contributed by atoms with Gasteiger partial charge in [-0.1, -0.05) is 23.8 Å². The third-order valence-corrected chi connectivity index (χ3v) is 1.23. The van der Waals surface area contributed by atoms with Crippen molar-refractivity contribution in [1.82, 2.24) is 0 Å². The van der Waals surface area contributed by atoms with E-state index in [0.717, 1.165) is 5.57 Å². The van der Waals surface area contributed by atoms with Gasteiger partial charge < -0.3 is 5.41 Å². The van der Waals surface area contributed by atoms with Crippen LogP contribution in [0.1, 0.15) is 20.8 Å². The normalized spacial score (nSPS) is 14.1. The first-order valence-corrected chi connectivity index (χ1v) is 3.69. The second kappa shape index (κ2) is 5.66. The van der Waals surface area contributed by atoms with E-state index in [0.29, 0.717) is 0 Å². The summed E-state index contributed by atoms with van der Waals surface area (Å²) in [5.74, 6) is 0. The van der Waals surface area contributed by atoms with Gasteiger partial charge in [0.25, 0.3) is 0 Å². The minimum atomic E-state index is 1.11. The van der Waals surface area contributed by atoms with Crippen LogP contribution in [0.5, 0.6) is 0 Å². The van der Waals surface area contributed by atoms with Crippen molar-refractivity contribution in [2.24, 2.45) is 0 Å². The highest BCUT2D eigenvalue weighted by Crippen LogP contribution is 2.01. The van der Waals surface area contributed by atoms with Crippen molar-refractivity contribution in [2.45, 2.75) is 20.8 Å². The summed E-state index contributed by atoms with van der Waals surface area (Å²) in [5, 5.41) is 6.83. The fourth-order valence-electron chi connectivity index (χ4n) is 0.850. The van der Waals surface area contributed by atoms with Crippen molar-refractivity contribution in [3.8, 4) is 0 Å². The molecule has 0 aliphatic rings. The average Bonchev–Trinajstić information content (AvgIpc) is 1.87. The predicted molar refractivity (Wildman–Crippen MR) is 51.1 cm³/mol. The van der Waals surface area contributed by atoms with Gasteiger partial charge in [-0.05, 0) is 32.4 Å². The molecule has 0 atom stereocenters. The number of rotatable bonds is 3. The summed E-state index contributed by atoms with van der Waals surface area (Å²) in [5.41, 5.74) is 2.32. The van der Waals surface area contributed by atoms with Gasteiger partial charge in [-0.3, -0.25) is 0 Å². The Balaban J connectivity index is 4.29. The molecule has 11 heavy (non-hydrogen) atoms. The summed E-state index contributed by atoms with van der Waals surface area (Å²) in [6.45, 7) is 6.02. The van der Waals surface area contributed by atoms with Gasteiger partial charge >= 0.3 is 0 Å². The molecule has 0 unspecified atom stereocenters. The predicted octanol–water partition coefficient (Wildman–Crippen LogP) is 3.10. The molecule has 0 amide bonds. The summed E-state index contributed by atoms with van der Waals surface area (Å²) in [4.78, 5) is 0. The second-order valence-corrected chi connectivity index (χ2v) is 2.47. The van der Waals surface area contributed by atoms with Crippen molar-refractivity contribution in [3.05, 3.63) is 35.5 Å². The van der Waals surface area contributed by atoms with Crippen LogP contribution in [-0.4, -0.2) is 6.21 Å². The minimum absolute atomic E-state index is 1.11. The van der Waals surface area contributed by atoms with E-state index in [1.165, 1.54) is 11.8 Å². The fourth-order valence-corrected chi connectivity index (χ4v) is 0.850. The van der Waals surface area contributed by atoms with E-state index >= 15 is 0 Å². The molecule has 0 saturated heterocycles. The van der Waals surface area contributed by atoms with Crippen LogP contribution in [0.4, 0.5) is 0 Å². The third-order valence-electron chi connectivity index (χ3n) is 1.23. The summed E-state index contributed by atoms with van der Waals surface area (Å²) in [6, 6.07) is 0. The highest BCUT2D eigenvalue weighted by molar-refractivity contribution is 5.69. The minimum Gasteiger partial charge on any atom is -0.309 e. The summed E-state index contributed by atoms with van der Waals surface area (Å²) >= 11 is 0. The Labute approximate surface area is 68.6 Å². The number of hydrogen-bond donors (Lipinski definition) is 1. The lowest BCUT2D eigenvalue weighted by molar-refractivity contribution is 1.43. The molecule has 0 heterocycles. The summed E-state index contributed by atoms with van der Waals surface area (Å²) in [6.07, 6.45) is 9.16. The van der Waals surface area contributed by atoms with E-state index < -0.39 is 0 Å². The van der Waals surface area contributed by atoms with Gasteiger partial charge in [0, 0.05) is 6.21 Å². The molecule has 0 saturated carbocycles. The first-order valence-electron chi connectivity index (χ1n) is 3.69. The Morgan fingerprint density at radius 1 is 1.18 bits per heavy atom. The molecule has 0 rings (SSSR count). The zero-order chi connectivity index (χ0) is 8.69. The second-order valence-electron chi connectivity index (χ2n) is 2.47. The largest absolute Gasteiger partial charge is 0.309 e. The highest BCUT2D eigenvalue weighted by atomic mass is 14.3. The molecule has 1 nitrogen and oxygen atoms in total. The Morgan fingerprint density at radius 3 is 2.27 bits per heavy atom. The van der Waals surface area contributed by atoms with E-state index in [2.05, 4.69) is 0 Å². The Morgan fingerprint density at radius 2 is 1.82 bits per heavy atom. The maximum Gasteiger partial charge on any atom is 0.0180 e. The van der Waals surface area contributed by atoms with Crippen LogP contribution >= 0.6 is 0 Å². The molecule has 1 N–H and O–H groups in total. The van der Waals surface area contributed by atoms with E-state index in [-0.39, 0.29) is 0 Å². The quantitative estimate of drug-likeness (QED) is 0.471. The molecule has 0 aliphatic carbocycles. The third kappa shape index (κ3) is 5.34. The molecule has 0 aromatic rings. The monoisotopic (exact) mass is 149 g/mol. The van der Waals surface area contributed by atoms with E-state index in [4.69, 9.17) is 5.41 Å². The van der Waals surface area contributed by atoms with Crippen LogP contribution in [0.15, 0.2) is 35.5 Å². The van der Waals surface area contributed by atoms with Gasteiger partial charge in [0.15, 0.2) is 0 Å². The SMILES string of the molecule is C/C=C/C(C)=C/C(C)=C/C=N. The van der Waals surface area contributed by atoms with Crippen LogP contribution in [0.3, 0.4) is 0 Å². The van der Waals surface area contributed by atoms with Crippen LogP contribution in [0, 0.1) is 5.41 Å². The van der Waals surface area contributed by atoms with E-state index in [1.54, 1.807) is 6.08 Å². The first kappa shape index (κ1) is 9.89. The molecule has 60 valence electrons. The molecule has 0 spiro atoms. The van der Waals surface area contributed by atoms with E-state index in [1.807, 2.05) is 39.0 Å². The van der Waals surface area contributed by atoms with Gasteiger partial charge in [-0.2, -0.15) is 0 Å². The molecular weight excluding hydrogens is 134 g/mol. The van der Waals surface area contributed by atoms with Crippen LogP contribution in [-0.2, 0) is 0 Å². The number of hydrogen-bond acceptors (Lipinski definition) is 1. The van der Waals surface area contributed by atoms with Gasteiger partial charge in [-0.15, -0.1) is 0 Å². The van der Waals surface area contributed by atoms with Crippen LogP contribution in [0.25, 0.3) is 0 Å². The molecule has 0 aliphatic heterocycles.